The van der Waals surface area contributed by atoms with Gasteiger partial charge >= 0.3 is 0 Å². The number of aryl methyl sites for hydroxylation is 1. The van der Waals surface area contributed by atoms with Gasteiger partial charge in [-0.05, 0) is 39.0 Å². The van der Waals surface area contributed by atoms with Crippen LogP contribution in [0.4, 0.5) is 0 Å². The monoisotopic (exact) mass is 313 g/mol. The first-order valence-corrected chi connectivity index (χ1v) is 7.63. The number of amides is 1. The van der Waals surface area contributed by atoms with E-state index in [2.05, 4.69) is 5.10 Å². The van der Waals surface area contributed by atoms with Crippen LogP contribution in [-0.4, -0.2) is 45.4 Å². The van der Waals surface area contributed by atoms with E-state index in [-0.39, 0.29) is 18.6 Å². The largest absolute Gasteiger partial charge is 0.394 e. The molecule has 2 aromatic rings. The molecule has 5 heteroatoms. The van der Waals surface area contributed by atoms with Crippen LogP contribution in [0.25, 0.3) is 11.8 Å². The van der Waals surface area contributed by atoms with E-state index < -0.39 is 0 Å². The number of hydrogen-bond acceptors (Lipinski definition) is 3. The van der Waals surface area contributed by atoms with Gasteiger partial charge in [0.1, 0.15) is 0 Å². The Balaban J connectivity index is 2.26. The summed E-state index contributed by atoms with van der Waals surface area (Å²) in [7, 11) is 1.68. The molecule has 23 heavy (non-hydrogen) atoms. The predicted octanol–water partition coefficient (Wildman–Crippen LogP) is 2.34. The van der Waals surface area contributed by atoms with Gasteiger partial charge in [0.15, 0.2) is 0 Å². The maximum atomic E-state index is 12.1. The van der Waals surface area contributed by atoms with Gasteiger partial charge in [-0.3, -0.25) is 4.79 Å². The van der Waals surface area contributed by atoms with Gasteiger partial charge in [0, 0.05) is 24.4 Å². The summed E-state index contributed by atoms with van der Waals surface area (Å²) in [5, 5.41) is 13.7. The van der Waals surface area contributed by atoms with Crippen LogP contribution in [0.1, 0.15) is 23.9 Å². The molecule has 0 aliphatic rings. The van der Waals surface area contributed by atoms with Crippen molar-refractivity contribution in [3.8, 4) is 5.69 Å². The van der Waals surface area contributed by atoms with E-state index in [1.165, 1.54) is 11.0 Å². The van der Waals surface area contributed by atoms with Crippen molar-refractivity contribution in [2.45, 2.75) is 26.8 Å². The maximum absolute atomic E-state index is 12.1. The fourth-order valence-electron chi connectivity index (χ4n) is 2.33. The molecule has 2 rings (SSSR count). The minimum atomic E-state index is -0.207. The molecule has 0 aliphatic heterocycles. The molecule has 0 aliphatic carbocycles. The summed E-state index contributed by atoms with van der Waals surface area (Å²) >= 11 is 0. The Hall–Kier alpha value is -2.40. The van der Waals surface area contributed by atoms with Crippen molar-refractivity contribution in [3.63, 3.8) is 0 Å². The Labute approximate surface area is 136 Å². The zero-order valence-electron chi connectivity index (χ0n) is 14.0. The second-order valence-electron chi connectivity index (χ2n) is 5.65. The number of rotatable bonds is 5. The zero-order valence-corrected chi connectivity index (χ0v) is 14.0. The van der Waals surface area contributed by atoms with Crippen molar-refractivity contribution in [1.82, 2.24) is 14.7 Å². The highest BCUT2D eigenvalue weighted by Gasteiger charge is 2.14. The number of carbonyl (C=O) groups excluding carboxylic acids is 1. The molecule has 1 unspecified atom stereocenters. The standard InChI is InChI=1S/C18H23N3O2/c1-13(12-22)20(4)18(23)11-10-17-14(2)19-21(15(17)3)16-8-6-5-7-9-16/h5-11,13,22H,12H2,1-4H3/b11-10+. The summed E-state index contributed by atoms with van der Waals surface area (Å²) in [6.45, 7) is 5.66. The molecule has 1 atom stereocenters. The van der Waals surface area contributed by atoms with Crippen molar-refractivity contribution < 1.29 is 9.90 Å². The molecular formula is C18H23N3O2. The van der Waals surface area contributed by atoms with E-state index in [4.69, 9.17) is 5.11 Å². The Bertz CT molecular complexity index is 705. The highest BCUT2D eigenvalue weighted by molar-refractivity contribution is 5.92. The zero-order chi connectivity index (χ0) is 17.0. The number of aliphatic hydroxyl groups is 1. The number of para-hydroxylation sites is 1. The minimum Gasteiger partial charge on any atom is -0.394 e. The van der Waals surface area contributed by atoms with Gasteiger partial charge < -0.3 is 10.0 Å². The SMILES string of the molecule is Cc1nn(-c2ccccc2)c(C)c1/C=C/C(=O)N(C)C(C)CO. The number of hydrogen-bond donors (Lipinski definition) is 1. The van der Waals surface area contributed by atoms with Gasteiger partial charge in [0.05, 0.1) is 24.0 Å². The highest BCUT2D eigenvalue weighted by Crippen LogP contribution is 2.19. The molecule has 0 radical (unpaired) electrons. The van der Waals surface area contributed by atoms with Crippen LogP contribution in [0, 0.1) is 13.8 Å². The maximum Gasteiger partial charge on any atom is 0.246 e. The van der Waals surface area contributed by atoms with Crippen LogP contribution in [0.2, 0.25) is 0 Å². The Morgan fingerprint density at radius 3 is 2.61 bits per heavy atom. The summed E-state index contributed by atoms with van der Waals surface area (Å²) in [6.07, 6.45) is 3.32. The lowest BCUT2D eigenvalue weighted by atomic mass is 10.1. The molecule has 1 aromatic heterocycles. The predicted molar refractivity (Wildman–Crippen MR) is 91.4 cm³/mol. The van der Waals surface area contributed by atoms with Crippen LogP contribution in [0.5, 0.6) is 0 Å². The second kappa shape index (κ2) is 7.24. The van der Waals surface area contributed by atoms with Crippen molar-refractivity contribution >= 4 is 12.0 Å². The Morgan fingerprint density at radius 1 is 1.35 bits per heavy atom. The number of nitrogens with zero attached hydrogens (tertiary/aromatic N) is 3. The Morgan fingerprint density at radius 2 is 2.00 bits per heavy atom. The van der Waals surface area contributed by atoms with Crippen LogP contribution < -0.4 is 0 Å². The lowest BCUT2D eigenvalue weighted by molar-refractivity contribution is -0.127. The van der Waals surface area contributed by atoms with Crippen molar-refractivity contribution in [2.75, 3.05) is 13.7 Å². The minimum absolute atomic E-state index is 0.0555. The van der Waals surface area contributed by atoms with Gasteiger partial charge in [-0.15, -0.1) is 0 Å². The number of likely N-dealkylation sites (N-methyl/N-ethyl adjacent to an activating group) is 1. The van der Waals surface area contributed by atoms with Gasteiger partial charge in [-0.25, -0.2) is 4.68 Å². The topological polar surface area (TPSA) is 58.4 Å². The lowest BCUT2D eigenvalue weighted by Crippen LogP contribution is -2.36. The normalized spacial score (nSPS) is 12.6. The average Bonchev–Trinajstić information content (AvgIpc) is 2.86. The molecule has 122 valence electrons. The second-order valence-corrected chi connectivity index (χ2v) is 5.65. The van der Waals surface area contributed by atoms with Gasteiger partial charge in [0.2, 0.25) is 5.91 Å². The third-order valence-electron chi connectivity index (χ3n) is 4.01. The third kappa shape index (κ3) is 3.68. The molecule has 1 amide bonds. The smallest absolute Gasteiger partial charge is 0.246 e. The summed E-state index contributed by atoms with van der Waals surface area (Å²) in [6, 6.07) is 9.68. The summed E-state index contributed by atoms with van der Waals surface area (Å²) < 4.78 is 1.87. The van der Waals surface area contributed by atoms with E-state index >= 15 is 0 Å². The molecule has 1 aromatic carbocycles. The van der Waals surface area contributed by atoms with E-state index in [1.807, 2.05) is 48.9 Å². The van der Waals surface area contributed by atoms with Gasteiger partial charge in [-0.2, -0.15) is 5.10 Å². The number of aliphatic hydroxyl groups excluding tert-OH is 1. The summed E-state index contributed by atoms with van der Waals surface area (Å²) in [4.78, 5) is 13.6. The van der Waals surface area contributed by atoms with E-state index in [1.54, 1.807) is 20.0 Å². The molecule has 1 heterocycles. The van der Waals surface area contributed by atoms with Gasteiger partial charge in [0.25, 0.3) is 0 Å². The quantitative estimate of drug-likeness (QED) is 0.862. The van der Waals surface area contributed by atoms with Crippen molar-refractivity contribution in [3.05, 3.63) is 53.4 Å². The number of carbonyl (C=O) groups is 1. The molecule has 0 spiro atoms. The fraction of sp³-hybridized carbons (Fsp3) is 0.333. The van der Waals surface area contributed by atoms with Gasteiger partial charge in [-0.1, -0.05) is 18.2 Å². The molecule has 0 saturated carbocycles. The molecule has 0 bridgehead atoms. The molecule has 1 N–H and O–H groups in total. The first-order chi connectivity index (χ1) is 11.0. The lowest BCUT2D eigenvalue weighted by Gasteiger charge is -2.21. The average molecular weight is 313 g/mol. The molecule has 0 saturated heterocycles. The number of benzene rings is 1. The van der Waals surface area contributed by atoms with Crippen molar-refractivity contribution in [2.24, 2.45) is 0 Å². The molecular weight excluding hydrogens is 290 g/mol. The van der Waals surface area contributed by atoms with Crippen molar-refractivity contribution in [1.29, 1.82) is 0 Å². The van der Waals surface area contributed by atoms with E-state index in [0.717, 1.165) is 22.6 Å². The fourth-order valence-corrected chi connectivity index (χ4v) is 2.33. The van der Waals surface area contributed by atoms with Crippen LogP contribution in [-0.2, 0) is 4.79 Å². The first kappa shape index (κ1) is 17.0. The van der Waals surface area contributed by atoms with E-state index in [0.29, 0.717) is 0 Å². The summed E-state index contributed by atoms with van der Waals surface area (Å²) in [5.41, 5.74) is 3.78. The molecule has 0 fully saturated rings. The van der Waals surface area contributed by atoms with Crippen LogP contribution in [0.3, 0.4) is 0 Å². The molecule has 5 nitrogen and oxygen atoms in total. The highest BCUT2D eigenvalue weighted by atomic mass is 16.3. The first-order valence-electron chi connectivity index (χ1n) is 7.63. The Kier molecular flexibility index (Phi) is 5.34. The van der Waals surface area contributed by atoms with Crippen LogP contribution in [0.15, 0.2) is 36.4 Å². The van der Waals surface area contributed by atoms with E-state index in [9.17, 15) is 4.79 Å². The summed E-state index contributed by atoms with van der Waals surface area (Å²) in [5.74, 6) is -0.141. The number of aromatic nitrogens is 2. The third-order valence-corrected chi connectivity index (χ3v) is 4.01. The van der Waals surface area contributed by atoms with Crippen LogP contribution >= 0.6 is 0 Å².